The maximum atomic E-state index is 13.6. The fourth-order valence-electron chi connectivity index (χ4n) is 4.83. The van der Waals surface area contributed by atoms with Gasteiger partial charge in [-0.1, -0.05) is 84.9 Å². The van der Waals surface area contributed by atoms with E-state index in [1.54, 1.807) is 17.5 Å². The van der Waals surface area contributed by atoms with Gasteiger partial charge in [-0.05, 0) is 39.3 Å². The fraction of sp³-hybridized carbons (Fsp3) is 0.167. The molecule has 1 atom stereocenters. The number of hydrogen-bond acceptors (Lipinski definition) is 5. The maximum absolute atomic E-state index is 13.6. The molecule has 1 aliphatic carbocycles. The molecule has 2 amide bonds. The van der Waals surface area contributed by atoms with Gasteiger partial charge in [0.2, 0.25) is 0 Å². The number of carbonyl (C=O) groups excluding carboxylic acids is 2. The van der Waals surface area contributed by atoms with Crippen LogP contribution in [-0.2, 0) is 20.9 Å². The highest BCUT2D eigenvalue weighted by Gasteiger charge is 2.32. The second-order valence-corrected chi connectivity index (χ2v) is 9.97. The minimum absolute atomic E-state index is 0.0974. The Morgan fingerprint density at radius 1 is 0.868 bits per heavy atom. The number of nitrogens with one attached hydrogen (secondary N) is 1. The van der Waals surface area contributed by atoms with Gasteiger partial charge in [-0.3, -0.25) is 9.59 Å². The van der Waals surface area contributed by atoms with Crippen LogP contribution < -0.4 is 5.32 Å². The van der Waals surface area contributed by atoms with E-state index in [2.05, 4.69) is 17.4 Å². The molecule has 0 aliphatic heterocycles. The second-order valence-electron chi connectivity index (χ2n) is 8.99. The summed E-state index contributed by atoms with van der Waals surface area (Å²) in [5.41, 5.74) is 5.20. The standard InChI is InChI=1S/C30H26N2O5S/c33-27(34)18-32(17-20-9-2-1-3-10-20)29(35)28(26-15-8-16-38-26)31-30(36)37-19-25-23-13-6-4-11-21(23)22-12-5-7-14-24(22)25/h1-16,25,28H,17-19H2,(H,31,36)(H,33,34). The molecular formula is C30H26N2O5S. The van der Waals surface area contributed by atoms with Gasteiger partial charge in [0.15, 0.2) is 0 Å². The van der Waals surface area contributed by atoms with Crippen molar-refractivity contribution in [3.05, 3.63) is 118 Å². The Labute approximate surface area is 224 Å². The Morgan fingerprint density at radius 2 is 1.50 bits per heavy atom. The lowest BCUT2D eigenvalue weighted by molar-refractivity contribution is -0.145. The molecule has 5 rings (SSSR count). The summed E-state index contributed by atoms with van der Waals surface area (Å²) in [5.74, 6) is -1.78. The predicted molar refractivity (Wildman–Crippen MR) is 145 cm³/mol. The number of alkyl carbamates (subject to hydrolysis) is 1. The van der Waals surface area contributed by atoms with Crippen LogP contribution in [0.25, 0.3) is 11.1 Å². The highest BCUT2D eigenvalue weighted by molar-refractivity contribution is 7.10. The van der Waals surface area contributed by atoms with Gasteiger partial charge < -0.3 is 20.1 Å². The lowest BCUT2D eigenvalue weighted by atomic mass is 9.98. The normalized spacial score (nSPS) is 12.7. The molecule has 7 nitrogen and oxygen atoms in total. The first kappa shape index (κ1) is 25.2. The van der Waals surface area contributed by atoms with Gasteiger partial charge >= 0.3 is 12.1 Å². The van der Waals surface area contributed by atoms with Gasteiger partial charge in [0.05, 0.1) is 0 Å². The molecular weight excluding hydrogens is 500 g/mol. The Balaban J connectivity index is 1.33. The number of aliphatic carboxylic acids is 1. The molecule has 2 N–H and O–H groups in total. The third-order valence-electron chi connectivity index (χ3n) is 6.53. The summed E-state index contributed by atoms with van der Waals surface area (Å²) < 4.78 is 5.67. The Morgan fingerprint density at radius 3 is 2.11 bits per heavy atom. The summed E-state index contributed by atoms with van der Waals surface area (Å²) in [7, 11) is 0. The fourth-order valence-corrected chi connectivity index (χ4v) is 5.60. The minimum atomic E-state index is -1.14. The van der Waals surface area contributed by atoms with Gasteiger partial charge in [-0.15, -0.1) is 11.3 Å². The van der Waals surface area contributed by atoms with Crippen molar-refractivity contribution in [3.8, 4) is 11.1 Å². The molecule has 0 saturated heterocycles. The Hall–Kier alpha value is -4.43. The predicted octanol–water partition coefficient (Wildman–Crippen LogP) is 5.44. The SMILES string of the molecule is O=C(O)CN(Cc1ccccc1)C(=O)C(NC(=O)OCC1c2ccccc2-c2ccccc21)c1cccs1. The Bertz CT molecular complexity index is 1390. The average Bonchev–Trinajstić information content (AvgIpc) is 3.57. The van der Waals surface area contributed by atoms with Crippen LogP contribution in [0.3, 0.4) is 0 Å². The number of benzene rings is 3. The molecule has 0 spiro atoms. The van der Waals surface area contributed by atoms with Crippen molar-refractivity contribution in [3.63, 3.8) is 0 Å². The summed E-state index contributed by atoms with van der Waals surface area (Å²) in [6.45, 7) is -0.295. The average molecular weight is 527 g/mol. The van der Waals surface area contributed by atoms with E-state index in [1.165, 1.54) is 16.2 Å². The highest BCUT2D eigenvalue weighted by Crippen LogP contribution is 2.44. The zero-order valence-corrected chi connectivity index (χ0v) is 21.3. The van der Waals surface area contributed by atoms with Gasteiger partial charge in [-0.2, -0.15) is 0 Å². The number of nitrogens with zero attached hydrogens (tertiary/aromatic N) is 1. The molecule has 1 unspecified atom stereocenters. The van der Waals surface area contributed by atoms with Crippen molar-refractivity contribution in [2.75, 3.05) is 13.2 Å². The van der Waals surface area contributed by atoms with Crippen LogP contribution in [0, 0.1) is 0 Å². The molecule has 38 heavy (non-hydrogen) atoms. The van der Waals surface area contributed by atoms with Crippen LogP contribution in [-0.4, -0.2) is 41.1 Å². The number of hydrogen-bond donors (Lipinski definition) is 2. The molecule has 0 bridgehead atoms. The smallest absolute Gasteiger partial charge is 0.408 e. The van der Waals surface area contributed by atoms with Gasteiger partial charge in [0, 0.05) is 17.3 Å². The van der Waals surface area contributed by atoms with E-state index < -0.39 is 30.6 Å². The molecule has 8 heteroatoms. The van der Waals surface area contributed by atoms with Crippen LogP contribution in [0.5, 0.6) is 0 Å². The molecule has 192 valence electrons. The molecule has 1 aliphatic rings. The van der Waals surface area contributed by atoms with Crippen LogP contribution >= 0.6 is 11.3 Å². The molecule has 4 aromatic rings. The van der Waals surface area contributed by atoms with Crippen molar-refractivity contribution in [2.45, 2.75) is 18.5 Å². The van der Waals surface area contributed by atoms with Gasteiger partial charge in [-0.25, -0.2) is 4.79 Å². The van der Waals surface area contributed by atoms with E-state index in [-0.39, 0.29) is 19.1 Å². The number of carbonyl (C=O) groups is 3. The number of thiophene rings is 1. The number of carboxylic acid groups (broad SMARTS) is 1. The van der Waals surface area contributed by atoms with Crippen LogP contribution in [0.15, 0.2) is 96.4 Å². The quantitative estimate of drug-likeness (QED) is 0.303. The van der Waals surface area contributed by atoms with Gasteiger partial charge in [0.1, 0.15) is 19.2 Å². The molecule has 0 fully saturated rings. The Kier molecular flexibility index (Phi) is 7.51. The summed E-state index contributed by atoms with van der Waals surface area (Å²) in [6, 6.07) is 27.7. The van der Waals surface area contributed by atoms with E-state index >= 15 is 0 Å². The number of fused-ring (bicyclic) bond motifs is 3. The second kappa shape index (κ2) is 11.3. The third kappa shape index (κ3) is 5.45. The number of rotatable bonds is 9. The van der Waals surface area contributed by atoms with Crippen molar-refractivity contribution in [1.82, 2.24) is 10.2 Å². The van der Waals surface area contributed by atoms with E-state index in [9.17, 15) is 19.5 Å². The van der Waals surface area contributed by atoms with Crippen LogP contribution in [0.1, 0.15) is 33.5 Å². The van der Waals surface area contributed by atoms with Gasteiger partial charge in [0.25, 0.3) is 5.91 Å². The molecule has 0 radical (unpaired) electrons. The van der Waals surface area contributed by atoms with E-state index in [0.717, 1.165) is 27.8 Å². The molecule has 1 aromatic heterocycles. The van der Waals surface area contributed by atoms with Crippen molar-refractivity contribution >= 4 is 29.3 Å². The third-order valence-corrected chi connectivity index (χ3v) is 7.47. The summed E-state index contributed by atoms with van der Waals surface area (Å²) in [4.78, 5) is 40.0. The molecule has 1 heterocycles. The lowest BCUT2D eigenvalue weighted by Gasteiger charge is -2.26. The minimum Gasteiger partial charge on any atom is -0.480 e. The van der Waals surface area contributed by atoms with Crippen molar-refractivity contribution < 1.29 is 24.2 Å². The topological polar surface area (TPSA) is 95.9 Å². The highest BCUT2D eigenvalue weighted by atomic mass is 32.1. The number of carboxylic acids is 1. The maximum Gasteiger partial charge on any atom is 0.408 e. The first-order valence-electron chi connectivity index (χ1n) is 12.2. The summed E-state index contributed by atoms with van der Waals surface area (Å²) in [6.07, 6.45) is -0.742. The van der Waals surface area contributed by atoms with Crippen molar-refractivity contribution in [1.29, 1.82) is 0 Å². The largest absolute Gasteiger partial charge is 0.480 e. The van der Waals surface area contributed by atoms with Crippen molar-refractivity contribution in [2.24, 2.45) is 0 Å². The first-order chi connectivity index (χ1) is 18.5. The summed E-state index contributed by atoms with van der Waals surface area (Å²) in [5, 5.41) is 14.0. The molecule has 0 saturated carbocycles. The first-order valence-corrected chi connectivity index (χ1v) is 13.1. The van der Waals surface area contributed by atoms with E-state index in [4.69, 9.17) is 4.74 Å². The summed E-state index contributed by atoms with van der Waals surface area (Å²) >= 11 is 1.30. The van der Waals surface area contributed by atoms with E-state index in [1.807, 2.05) is 66.7 Å². The lowest BCUT2D eigenvalue weighted by Crippen LogP contribution is -2.44. The van der Waals surface area contributed by atoms with Crippen LogP contribution in [0.2, 0.25) is 0 Å². The zero-order chi connectivity index (χ0) is 26.5. The van der Waals surface area contributed by atoms with E-state index in [0.29, 0.717) is 4.88 Å². The number of amides is 2. The van der Waals surface area contributed by atoms with Crippen LogP contribution in [0.4, 0.5) is 4.79 Å². The molecule has 3 aromatic carbocycles. The number of ether oxygens (including phenoxy) is 1. The zero-order valence-electron chi connectivity index (χ0n) is 20.4. The monoisotopic (exact) mass is 526 g/mol.